The predicted octanol–water partition coefficient (Wildman–Crippen LogP) is 2.26. The van der Waals surface area contributed by atoms with E-state index in [1.807, 2.05) is 6.92 Å². The summed E-state index contributed by atoms with van der Waals surface area (Å²) in [6.45, 7) is 4.12. The lowest BCUT2D eigenvalue weighted by Crippen LogP contribution is -2.07. The molecule has 1 unspecified atom stereocenters. The van der Waals surface area contributed by atoms with E-state index in [9.17, 15) is 4.21 Å². The van der Waals surface area contributed by atoms with Crippen molar-refractivity contribution in [1.82, 2.24) is 0 Å². The van der Waals surface area contributed by atoms with Crippen LogP contribution in [0.4, 0.5) is 0 Å². The molecule has 0 aromatic heterocycles. The number of aliphatic imine (C=N–C) groups is 1. The predicted molar refractivity (Wildman–Crippen MR) is 56.9 cm³/mol. The maximum atomic E-state index is 10.5. The van der Waals surface area contributed by atoms with E-state index in [1.165, 1.54) is 0 Å². The van der Waals surface area contributed by atoms with Crippen LogP contribution in [0.5, 0.6) is 0 Å². The van der Waals surface area contributed by atoms with Crippen molar-refractivity contribution in [2.24, 2.45) is 10.9 Å². The standard InChI is InChI=1S/C8H13NOS2/c1-3-4-5-7(2)8(12-10)9-6-11/h7H,3-5H2,1-2H3. The van der Waals surface area contributed by atoms with Crippen LogP contribution in [0.25, 0.3) is 0 Å². The van der Waals surface area contributed by atoms with E-state index in [1.54, 1.807) is 0 Å². The number of unbranched alkanes of at least 4 members (excludes halogenated alkanes) is 1. The zero-order valence-corrected chi connectivity index (χ0v) is 9.00. The fourth-order valence-corrected chi connectivity index (χ4v) is 1.41. The minimum absolute atomic E-state index is 0.225. The van der Waals surface area contributed by atoms with Gasteiger partial charge in [0.15, 0.2) is 0 Å². The molecule has 0 aromatic rings. The van der Waals surface area contributed by atoms with Gasteiger partial charge in [-0.15, -0.1) is 0 Å². The summed E-state index contributed by atoms with van der Waals surface area (Å²) in [5, 5.41) is 2.23. The number of nitrogens with zero attached hydrogens (tertiary/aromatic N) is 1. The molecule has 4 heteroatoms. The number of hydrogen-bond acceptors (Lipinski definition) is 2. The lowest BCUT2D eigenvalue weighted by atomic mass is 10.1. The lowest BCUT2D eigenvalue weighted by Gasteiger charge is -2.05. The highest BCUT2D eigenvalue weighted by atomic mass is 32.1. The molecule has 0 rings (SSSR count). The second kappa shape index (κ2) is 7.35. The van der Waals surface area contributed by atoms with Gasteiger partial charge in [-0.05, 0) is 18.6 Å². The molecular weight excluding hydrogens is 190 g/mol. The molecule has 0 N–H and O–H groups in total. The van der Waals surface area contributed by atoms with Gasteiger partial charge in [0.05, 0.1) is 5.16 Å². The Kier molecular flexibility index (Phi) is 7.16. The van der Waals surface area contributed by atoms with Crippen molar-refractivity contribution in [3.05, 3.63) is 0 Å². The second-order valence-electron chi connectivity index (χ2n) is 2.67. The van der Waals surface area contributed by atoms with E-state index < -0.39 is 0 Å². The summed E-state index contributed by atoms with van der Waals surface area (Å²) in [5.41, 5.74) is 0. The zero-order valence-electron chi connectivity index (χ0n) is 7.37. The molecule has 1 atom stereocenters. The van der Waals surface area contributed by atoms with Crippen LogP contribution >= 0.6 is 12.2 Å². The molecule has 68 valence electrons. The van der Waals surface area contributed by atoms with E-state index in [2.05, 4.69) is 29.3 Å². The Morgan fingerprint density at radius 1 is 1.75 bits per heavy atom. The number of hydrogen-bond donors (Lipinski definition) is 0. The summed E-state index contributed by atoms with van der Waals surface area (Å²) >= 11 is 4.86. The highest BCUT2D eigenvalue weighted by Crippen LogP contribution is 2.09. The summed E-state index contributed by atoms with van der Waals surface area (Å²) in [7, 11) is 0. The van der Waals surface area contributed by atoms with Gasteiger partial charge in [0, 0.05) is 5.92 Å². The first-order valence-corrected chi connectivity index (χ1v) is 5.15. The van der Waals surface area contributed by atoms with Gasteiger partial charge in [0.2, 0.25) is 0 Å². The fourth-order valence-electron chi connectivity index (χ4n) is 0.890. The van der Waals surface area contributed by atoms with Crippen LogP contribution < -0.4 is 0 Å². The van der Waals surface area contributed by atoms with Crippen molar-refractivity contribution < 1.29 is 4.21 Å². The molecule has 0 aromatic carbocycles. The van der Waals surface area contributed by atoms with Gasteiger partial charge in [-0.1, -0.05) is 26.7 Å². The Hall–Kier alpha value is -0.310. The number of thiocarbonyl (C=S) groups is 1. The van der Waals surface area contributed by atoms with Crippen molar-refractivity contribution in [2.45, 2.75) is 33.1 Å². The van der Waals surface area contributed by atoms with Gasteiger partial charge in [-0.3, -0.25) is 0 Å². The van der Waals surface area contributed by atoms with Gasteiger partial charge in [-0.2, -0.15) is 4.99 Å². The molecule has 0 amide bonds. The molecule has 0 saturated heterocycles. The van der Waals surface area contributed by atoms with Crippen LogP contribution in [-0.2, 0) is 11.3 Å². The lowest BCUT2D eigenvalue weighted by molar-refractivity contribution is 0.625. The van der Waals surface area contributed by atoms with Crippen LogP contribution in [0.1, 0.15) is 33.1 Å². The summed E-state index contributed by atoms with van der Waals surface area (Å²) in [6.07, 6.45) is 3.27. The van der Waals surface area contributed by atoms with Crippen molar-refractivity contribution in [3.8, 4) is 0 Å². The van der Waals surface area contributed by atoms with E-state index in [-0.39, 0.29) is 5.92 Å². The molecule has 0 aliphatic rings. The van der Waals surface area contributed by atoms with Crippen LogP contribution in [-0.4, -0.2) is 14.4 Å². The number of isothiocyanates is 1. The normalized spacial score (nSPS) is 11.5. The van der Waals surface area contributed by atoms with Crippen molar-refractivity contribution >= 4 is 33.6 Å². The maximum absolute atomic E-state index is 10.5. The molecule has 0 fully saturated rings. The van der Waals surface area contributed by atoms with E-state index in [0.29, 0.717) is 16.2 Å². The first-order chi connectivity index (χ1) is 5.76. The molecule has 0 aliphatic carbocycles. The van der Waals surface area contributed by atoms with Crippen LogP contribution in [0, 0.1) is 5.92 Å². The molecule has 0 bridgehead atoms. The topological polar surface area (TPSA) is 29.4 Å². The SMILES string of the molecule is CCCCC(C)C(N=C=S)=S=O. The Balaban J connectivity index is 4.13. The quantitative estimate of drug-likeness (QED) is 0.518. The highest BCUT2D eigenvalue weighted by Gasteiger charge is 2.07. The fraction of sp³-hybridized carbons (Fsp3) is 0.750. The summed E-state index contributed by atoms with van der Waals surface area (Å²) in [6, 6.07) is 0. The minimum atomic E-state index is 0.225. The molecule has 0 heterocycles. The largest absolute Gasteiger partial charge is 0.210 e. The first-order valence-electron chi connectivity index (χ1n) is 4.00. The third kappa shape index (κ3) is 4.54. The monoisotopic (exact) mass is 203 g/mol. The molecule has 0 radical (unpaired) electrons. The first kappa shape index (κ1) is 11.7. The maximum Gasteiger partial charge on any atom is 0.146 e. The second-order valence-corrected chi connectivity index (χ2v) is 3.44. The Bertz CT molecular complexity index is 227. The van der Waals surface area contributed by atoms with Crippen LogP contribution in [0.2, 0.25) is 0 Å². The molecule has 0 spiro atoms. The van der Waals surface area contributed by atoms with E-state index >= 15 is 0 Å². The van der Waals surface area contributed by atoms with Gasteiger partial charge < -0.3 is 0 Å². The number of rotatable bonds is 4. The van der Waals surface area contributed by atoms with Gasteiger partial charge >= 0.3 is 0 Å². The van der Waals surface area contributed by atoms with E-state index in [0.717, 1.165) is 19.3 Å². The average molecular weight is 203 g/mol. The molecule has 2 nitrogen and oxygen atoms in total. The van der Waals surface area contributed by atoms with Crippen molar-refractivity contribution in [2.75, 3.05) is 0 Å². The summed E-state index contributed by atoms with van der Waals surface area (Å²) in [4.78, 5) is 4.28. The van der Waals surface area contributed by atoms with Gasteiger partial charge in [-0.25, -0.2) is 4.21 Å². The average Bonchev–Trinajstić information content (AvgIpc) is 2.10. The zero-order chi connectivity index (χ0) is 9.40. The molecule has 12 heavy (non-hydrogen) atoms. The molecule has 0 aliphatic heterocycles. The molecule has 0 saturated carbocycles. The molecular formula is C8H13NOS2. The minimum Gasteiger partial charge on any atom is -0.210 e. The smallest absolute Gasteiger partial charge is 0.146 e. The van der Waals surface area contributed by atoms with Gasteiger partial charge in [0.25, 0.3) is 0 Å². The third-order valence-corrected chi connectivity index (χ3v) is 2.41. The summed E-state index contributed by atoms with van der Waals surface area (Å²) in [5.74, 6) is 0.225. The van der Waals surface area contributed by atoms with Crippen molar-refractivity contribution in [3.63, 3.8) is 0 Å². The Morgan fingerprint density at radius 2 is 2.42 bits per heavy atom. The van der Waals surface area contributed by atoms with Crippen LogP contribution in [0.3, 0.4) is 0 Å². The van der Waals surface area contributed by atoms with Crippen LogP contribution in [0.15, 0.2) is 4.99 Å². The highest BCUT2D eigenvalue weighted by molar-refractivity contribution is 7.78. The van der Waals surface area contributed by atoms with Gasteiger partial charge in [0.1, 0.15) is 16.2 Å². The Labute approximate surface area is 82.2 Å². The van der Waals surface area contributed by atoms with E-state index in [4.69, 9.17) is 0 Å². The Morgan fingerprint density at radius 3 is 2.83 bits per heavy atom. The third-order valence-electron chi connectivity index (χ3n) is 1.65. The van der Waals surface area contributed by atoms with Crippen molar-refractivity contribution in [1.29, 1.82) is 0 Å². The summed E-state index contributed by atoms with van der Waals surface area (Å²) < 4.78 is 10.5.